The number of aliphatic hydroxyl groups is 1. The molecule has 13 heavy (non-hydrogen) atoms. The molecular formula is C9H21NO2S. The van der Waals surface area contributed by atoms with Crippen LogP contribution in [0.3, 0.4) is 0 Å². The first-order chi connectivity index (χ1) is 6.06. The van der Waals surface area contributed by atoms with Gasteiger partial charge in [-0.1, -0.05) is 13.8 Å². The molecule has 0 radical (unpaired) electrons. The second kappa shape index (κ2) is 7.47. The van der Waals surface area contributed by atoms with Crippen LogP contribution in [0.15, 0.2) is 0 Å². The summed E-state index contributed by atoms with van der Waals surface area (Å²) in [4.78, 5) is 0. The Balaban J connectivity index is 3.50. The van der Waals surface area contributed by atoms with Crippen LogP contribution in [0.2, 0.25) is 0 Å². The maximum Gasteiger partial charge on any atom is 0.0779 e. The molecule has 4 heteroatoms. The normalized spacial score (nSPS) is 16.1. The lowest BCUT2D eigenvalue weighted by atomic mass is 10.2. The third-order valence-electron chi connectivity index (χ3n) is 1.74. The van der Waals surface area contributed by atoms with E-state index >= 15 is 0 Å². The van der Waals surface area contributed by atoms with E-state index in [1.165, 1.54) is 0 Å². The van der Waals surface area contributed by atoms with E-state index in [2.05, 4.69) is 19.2 Å². The highest BCUT2D eigenvalue weighted by Gasteiger charge is 2.08. The van der Waals surface area contributed by atoms with Gasteiger partial charge >= 0.3 is 0 Å². The predicted octanol–water partition coefficient (Wildman–Crippen LogP) is 0.361. The van der Waals surface area contributed by atoms with Gasteiger partial charge in [-0.2, -0.15) is 0 Å². The Morgan fingerprint density at radius 2 is 2.08 bits per heavy atom. The maximum absolute atomic E-state index is 11.4. The van der Waals surface area contributed by atoms with Crippen LogP contribution in [0.5, 0.6) is 0 Å². The molecule has 0 rings (SSSR count). The molecule has 0 aliphatic heterocycles. The number of hydrogen-bond donors (Lipinski definition) is 2. The minimum Gasteiger partial charge on any atom is -0.391 e. The highest BCUT2D eigenvalue weighted by Crippen LogP contribution is 2.01. The van der Waals surface area contributed by atoms with Gasteiger partial charge in [0.25, 0.3) is 0 Å². The van der Waals surface area contributed by atoms with E-state index in [-0.39, 0.29) is 0 Å². The smallest absolute Gasteiger partial charge is 0.0779 e. The second-order valence-corrected chi connectivity index (χ2v) is 5.33. The molecule has 0 aromatic heterocycles. The van der Waals surface area contributed by atoms with E-state index in [0.29, 0.717) is 24.0 Å². The van der Waals surface area contributed by atoms with Gasteiger partial charge in [-0.3, -0.25) is 4.21 Å². The van der Waals surface area contributed by atoms with E-state index < -0.39 is 16.9 Å². The molecule has 0 bridgehead atoms. The molecule has 2 unspecified atom stereocenters. The van der Waals surface area contributed by atoms with Crippen molar-refractivity contribution in [3.63, 3.8) is 0 Å². The Bertz CT molecular complexity index is 151. The Hall–Kier alpha value is 0.0700. The summed E-state index contributed by atoms with van der Waals surface area (Å²) in [5, 5.41) is 12.2. The lowest BCUT2D eigenvalue weighted by Crippen LogP contribution is -2.29. The molecule has 0 spiro atoms. The van der Waals surface area contributed by atoms with E-state index in [1.54, 1.807) is 7.05 Å². The first kappa shape index (κ1) is 13.1. The van der Waals surface area contributed by atoms with E-state index in [0.717, 1.165) is 6.42 Å². The van der Waals surface area contributed by atoms with Crippen molar-refractivity contribution in [3.8, 4) is 0 Å². The zero-order valence-corrected chi connectivity index (χ0v) is 9.56. The molecule has 0 amide bonds. The topological polar surface area (TPSA) is 49.3 Å². The largest absolute Gasteiger partial charge is 0.391 e. The number of hydrogen-bond acceptors (Lipinski definition) is 3. The molecule has 2 atom stereocenters. The third kappa shape index (κ3) is 8.40. The molecule has 0 saturated heterocycles. The van der Waals surface area contributed by atoms with Crippen LogP contribution < -0.4 is 5.32 Å². The molecule has 0 heterocycles. The van der Waals surface area contributed by atoms with Crippen molar-refractivity contribution in [1.82, 2.24) is 5.32 Å². The molecule has 0 saturated carbocycles. The molecule has 2 N–H and O–H groups in total. The summed E-state index contributed by atoms with van der Waals surface area (Å²) in [6, 6.07) is 0. The first-order valence-corrected chi connectivity index (χ1v) is 6.22. The van der Waals surface area contributed by atoms with Gasteiger partial charge in [-0.05, 0) is 19.4 Å². The fourth-order valence-corrected chi connectivity index (χ4v) is 2.41. The van der Waals surface area contributed by atoms with Crippen molar-refractivity contribution >= 4 is 10.8 Å². The Morgan fingerprint density at radius 1 is 1.46 bits per heavy atom. The first-order valence-electron chi connectivity index (χ1n) is 4.74. The minimum atomic E-state index is -0.862. The van der Waals surface area contributed by atoms with Crippen LogP contribution in [0.1, 0.15) is 20.3 Å². The van der Waals surface area contributed by atoms with Gasteiger partial charge in [-0.15, -0.1) is 0 Å². The van der Waals surface area contributed by atoms with E-state index in [4.69, 9.17) is 0 Å². The minimum absolute atomic E-state index is 0.396. The Morgan fingerprint density at radius 3 is 2.54 bits per heavy atom. The van der Waals surface area contributed by atoms with Crippen LogP contribution in [0.25, 0.3) is 0 Å². The summed E-state index contributed by atoms with van der Waals surface area (Å²) >= 11 is 0. The van der Waals surface area contributed by atoms with E-state index in [9.17, 15) is 9.32 Å². The Labute approximate surface area is 83.4 Å². The fraction of sp³-hybridized carbons (Fsp3) is 1.00. The van der Waals surface area contributed by atoms with Crippen LogP contribution >= 0.6 is 0 Å². The number of rotatable bonds is 7. The summed E-state index contributed by atoms with van der Waals surface area (Å²) < 4.78 is 11.4. The van der Waals surface area contributed by atoms with Crippen molar-refractivity contribution in [2.45, 2.75) is 26.4 Å². The van der Waals surface area contributed by atoms with Gasteiger partial charge in [0.15, 0.2) is 0 Å². The highest BCUT2D eigenvalue weighted by atomic mass is 32.2. The lowest BCUT2D eigenvalue weighted by Gasteiger charge is -2.10. The van der Waals surface area contributed by atoms with Crippen molar-refractivity contribution < 1.29 is 9.32 Å². The second-order valence-electron chi connectivity index (χ2n) is 3.70. The summed E-state index contributed by atoms with van der Waals surface area (Å²) in [7, 11) is 0.916. The van der Waals surface area contributed by atoms with Crippen LogP contribution in [-0.4, -0.2) is 40.5 Å². The molecular weight excluding hydrogens is 186 g/mol. The van der Waals surface area contributed by atoms with Crippen molar-refractivity contribution in [3.05, 3.63) is 0 Å². The summed E-state index contributed by atoms with van der Waals surface area (Å²) in [5.74, 6) is 1.69. The number of aliphatic hydroxyl groups excluding tert-OH is 1. The number of likely N-dealkylation sites (N-methyl/N-ethyl adjacent to an activating group) is 1. The monoisotopic (exact) mass is 207 g/mol. The zero-order valence-electron chi connectivity index (χ0n) is 8.75. The molecule has 3 nitrogen and oxygen atoms in total. The van der Waals surface area contributed by atoms with Gasteiger partial charge in [0.05, 0.1) is 11.9 Å². The van der Waals surface area contributed by atoms with Crippen LogP contribution in [0, 0.1) is 5.92 Å². The molecule has 0 aliphatic rings. The quantitative estimate of drug-likeness (QED) is 0.634. The van der Waals surface area contributed by atoms with Gasteiger partial charge < -0.3 is 10.4 Å². The van der Waals surface area contributed by atoms with Crippen molar-refractivity contribution in [2.24, 2.45) is 5.92 Å². The third-order valence-corrected chi connectivity index (χ3v) is 3.19. The van der Waals surface area contributed by atoms with Gasteiger partial charge in [0.1, 0.15) is 0 Å². The van der Waals surface area contributed by atoms with Crippen molar-refractivity contribution in [2.75, 3.05) is 25.1 Å². The predicted molar refractivity (Wildman–Crippen MR) is 57.3 cm³/mol. The standard InChI is InChI=1S/C9H21NO2S/c1-8(2)4-5-13(12)7-9(11)6-10-3/h8-11H,4-7H2,1-3H3. The zero-order chi connectivity index (χ0) is 10.3. The highest BCUT2D eigenvalue weighted by molar-refractivity contribution is 7.85. The van der Waals surface area contributed by atoms with Crippen LogP contribution in [-0.2, 0) is 10.8 Å². The maximum atomic E-state index is 11.4. The van der Waals surface area contributed by atoms with E-state index in [1.807, 2.05) is 0 Å². The summed E-state index contributed by atoms with van der Waals surface area (Å²) in [6.45, 7) is 4.75. The molecule has 80 valence electrons. The van der Waals surface area contributed by atoms with Gasteiger partial charge in [0.2, 0.25) is 0 Å². The molecule has 0 aromatic carbocycles. The van der Waals surface area contributed by atoms with Crippen molar-refractivity contribution in [1.29, 1.82) is 0 Å². The van der Waals surface area contributed by atoms with Gasteiger partial charge in [-0.25, -0.2) is 0 Å². The number of nitrogens with one attached hydrogen (secondary N) is 1. The average molecular weight is 207 g/mol. The van der Waals surface area contributed by atoms with Gasteiger partial charge in [0, 0.05) is 23.1 Å². The average Bonchev–Trinajstić information content (AvgIpc) is 2.01. The molecule has 0 aromatic rings. The fourth-order valence-electron chi connectivity index (χ4n) is 0.960. The Kier molecular flexibility index (Phi) is 7.51. The van der Waals surface area contributed by atoms with Crippen LogP contribution in [0.4, 0.5) is 0 Å². The summed E-state index contributed by atoms with van der Waals surface area (Å²) in [5.41, 5.74) is 0. The lowest BCUT2D eigenvalue weighted by molar-refractivity contribution is 0.198. The summed E-state index contributed by atoms with van der Waals surface area (Å²) in [6.07, 6.45) is 0.497. The SMILES string of the molecule is CNCC(O)CS(=O)CCC(C)C. The molecule has 0 fully saturated rings. The molecule has 0 aliphatic carbocycles.